The number of sulfonamides is 1. The van der Waals surface area contributed by atoms with Crippen molar-refractivity contribution in [3.8, 4) is 17.2 Å². The van der Waals surface area contributed by atoms with Crippen molar-refractivity contribution >= 4 is 15.9 Å². The molecule has 10 heteroatoms. The fourth-order valence-corrected chi connectivity index (χ4v) is 4.30. The van der Waals surface area contributed by atoms with Crippen LogP contribution in [-0.4, -0.2) is 37.3 Å². The molecule has 0 unspecified atom stereocenters. The third-order valence-corrected chi connectivity index (χ3v) is 5.71. The molecule has 0 saturated carbocycles. The Morgan fingerprint density at radius 1 is 1.14 bits per heavy atom. The van der Waals surface area contributed by atoms with Crippen molar-refractivity contribution in [1.82, 2.24) is 14.4 Å². The van der Waals surface area contributed by atoms with E-state index in [2.05, 4.69) is 14.4 Å². The second-order valence-electron chi connectivity index (χ2n) is 6.63. The van der Waals surface area contributed by atoms with Crippen LogP contribution in [0.3, 0.4) is 0 Å². The number of aromatic nitrogens is 2. The van der Waals surface area contributed by atoms with Crippen LogP contribution in [0.5, 0.6) is 11.5 Å². The lowest BCUT2D eigenvalue weighted by molar-refractivity contribution is 0.0981. The highest BCUT2D eigenvalue weighted by atomic mass is 32.2. The number of carbonyl (C=O) groups is 1. The molecule has 1 aliphatic heterocycles. The van der Waals surface area contributed by atoms with Gasteiger partial charge in [-0.25, -0.2) is 13.1 Å². The van der Waals surface area contributed by atoms with Crippen LogP contribution in [0.15, 0.2) is 41.1 Å². The number of amides is 1. The molecule has 0 fully saturated rings. The second-order valence-corrected chi connectivity index (χ2v) is 8.35. The Bertz CT molecular complexity index is 1170. The molecule has 152 valence electrons. The fourth-order valence-electron chi connectivity index (χ4n) is 3.30. The quantitative estimate of drug-likeness (QED) is 0.676. The first kappa shape index (κ1) is 19.1. The maximum atomic E-state index is 12.6. The molecule has 1 aliphatic rings. The van der Waals surface area contributed by atoms with E-state index in [1.807, 2.05) is 29.7 Å². The molecule has 1 N–H and O–H groups in total. The number of aryl methyl sites for hydroxylation is 1. The zero-order valence-corrected chi connectivity index (χ0v) is 16.7. The number of nitrogens with one attached hydrogen (secondary N) is 1. The predicted molar refractivity (Wildman–Crippen MR) is 103 cm³/mol. The minimum Gasteiger partial charge on any atom is -0.486 e. The van der Waals surface area contributed by atoms with Gasteiger partial charge in [-0.3, -0.25) is 4.79 Å². The van der Waals surface area contributed by atoms with Gasteiger partial charge in [0.05, 0.1) is 5.56 Å². The van der Waals surface area contributed by atoms with E-state index in [0.717, 1.165) is 11.4 Å². The Labute approximate surface area is 167 Å². The van der Waals surface area contributed by atoms with Gasteiger partial charge in [0.1, 0.15) is 30.9 Å². The maximum Gasteiger partial charge on any atom is 0.266 e. The molecule has 2 aromatic heterocycles. The third kappa shape index (κ3) is 3.83. The van der Waals surface area contributed by atoms with Gasteiger partial charge in [-0.1, -0.05) is 5.16 Å². The lowest BCUT2D eigenvalue weighted by Gasteiger charge is -2.20. The molecule has 0 saturated heterocycles. The van der Waals surface area contributed by atoms with Crippen molar-refractivity contribution in [2.75, 3.05) is 13.2 Å². The molecule has 29 heavy (non-hydrogen) atoms. The van der Waals surface area contributed by atoms with Crippen molar-refractivity contribution in [3.63, 3.8) is 0 Å². The number of fused-ring (bicyclic) bond motifs is 1. The average Bonchev–Trinajstić information content (AvgIpc) is 3.28. The van der Waals surface area contributed by atoms with E-state index in [0.29, 0.717) is 30.4 Å². The van der Waals surface area contributed by atoms with Crippen molar-refractivity contribution < 1.29 is 27.2 Å². The van der Waals surface area contributed by atoms with E-state index in [-0.39, 0.29) is 11.3 Å². The van der Waals surface area contributed by atoms with Crippen molar-refractivity contribution in [2.24, 2.45) is 0 Å². The Kier molecular flexibility index (Phi) is 4.79. The lowest BCUT2D eigenvalue weighted by Crippen LogP contribution is -2.32. The monoisotopic (exact) mass is 417 g/mol. The number of carbonyl (C=O) groups excluding carboxylic acids is 1. The topological polar surface area (TPSA) is 113 Å². The van der Waals surface area contributed by atoms with Crippen LogP contribution in [0.1, 0.15) is 27.4 Å². The molecule has 1 amide bonds. The zero-order valence-electron chi connectivity index (χ0n) is 15.8. The Hall–Kier alpha value is -3.27. The van der Waals surface area contributed by atoms with Crippen LogP contribution in [0.25, 0.3) is 5.69 Å². The van der Waals surface area contributed by atoms with E-state index in [1.165, 1.54) is 12.3 Å². The summed E-state index contributed by atoms with van der Waals surface area (Å²) in [6.45, 7) is 4.56. The first-order chi connectivity index (χ1) is 13.8. The van der Waals surface area contributed by atoms with E-state index in [1.54, 1.807) is 13.0 Å². The number of hydrogen-bond acceptors (Lipinski definition) is 7. The highest BCUT2D eigenvalue weighted by Crippen LogP contribution is 2.33. The van der Waals surface area contributed by atoms with Crippen molar-refractivity contribution in [1.29, 1.82) is 0 Å². The van der Waals surface area contributed by atoms with Crippen LogP contribution in [-0.2, 0) is 15.8 Å². The van der Waals surface area contributed by atoms with Crippen LogP contribution < -0.4 is 14.2 Å². The lowest BCUT2D eigenvalue weighted by atomic mass is 10.2. The number of ether oxygens (including phenoxy) is 2. The Morgan fingerprint density at radius 3 is 2.62 bits per heavy atom. The Balaban J connectivity index is 1.61. The Morgan fingerprint density at radius 2 is 1.90 bits per heavy atom. The average molecular weight is 417 g/mol. The maximum absolute atomic E-state index is 12.6. The first-order valence-electron chi connectivity index (χ1n) is 8.87. The largest absolute Gasteiger partial charge is 0.486 e. The third-order valence-electron chi connectivity index (χ3n) is 4.54. The van der Waals surface area contributed by atoms with Gasteiger partial charge < -0.3 is 18.6 Å². The summed E-state index contributed by atoms with van der Waals surface area (Å²) in [4.78, 5) is 12.6. The van der Waals surface area contributed by atoms with E-state index in [9.17, 15) is 13.2 Å². The molecular formula is C19H19N3O6S. The summed E-state index contributed by atoms with van der Waals surface area (Å²) >= 11 is 0. The standard InChI is InChI=1S/C19H19N3O6S/c1-12-9-16(19(23)21-29(24,25)11-14-5-6-28-20-14)13(2)22(12)15-3-4-17-18(10-15)27-8-7-26-17/h3-6,9-10H,7-8,11H2,1-2H3,(H,21,23). The van der Waals surface area contributed by atoms with Crippen molar-refractivity contribution in [3.05, 3.63) is 59.2 Å². The highest BCUT2D eigenvalue weighted by molar-refractivity contribution is 7.89. The molecular weight excluding hydrogens is 398 g/mol. The molecule has 0 spiro atoms. The molecule has 3 heterocycles. The van der Waals surface area contributed by atoms with Crippen LogP contribution in [0.2, 0.25) is 0 Å². The summed E-state index contributed by atoms with van der Waals surface area (Å²) in [7, 11) is -3.92. The van der Waals surface area contributed by atoms with Crippen LogP contribution in [0.4, 0.5) is 0 Å². The van der Waals surface area contributed by atoms with Crippen LogP contribution in [0, 0.1) is 13.8 Å². The number of hydrogen-bond donors (Lipinski definition) is 1. The van der Waals surface area contributed by atoms with Gasteiger partial charge in [0.15, 0.2) is 11.5 Å². The summed E-state index contributed by atoms with van der Waals surface area (Å²) in [5.41, 5.74) is 2.65. The van der Waals surface area contributed by atoms with E-state index < -0.39 is 21.7 Å². The molecule has 0 aliphatic carbocycles. The summed E-state index contributed by atoms with van der Waals surface area (Å²) in [5, 5.41) is 3.56. The summed E-state index contributed by atoms with van der Waals surface area (Å²) in [6.07, 6.45) is 1.27. The minimum absolute atomic E-state index is 0.215. The zero-order chi connectivity index (χ0) is 20.6. The summed E-state index contributed by atoms with van der Waals surface area (Å²) in [6, 6.07) is 8.57. The first-order valence-corrected chi connectivity index (χ1v) is 10.5. The van der Waals surface area contributed by atoms with Gasteiger partial charge in [-0.2, -0.15) is 0 Å². The molecule has 0 atom stereocenters. The highest BCUT2D eigenvalue weighted by Gasteiger charge is 2.23. The smallest absolute Gasteiger partial charge is 0.266 e. The molecule has 9 nitrogen and oxygen atoms in total. The molecule has 0 radical (unpaired) electrons. The molecule has 1 aromatic carbocycles. The van der Waals surface area contributed by atoms with Gasteiger partial charge in [0, 0.05) is 29.2 Å². The minimum atomic E-state index is -3.92. The van der Waals surface area contributed by atoms with E-state index >= 15 is 0 Å². The van der Waals surface area contributed by atoms with E-state index in [4.69, 9.17) is 9.47 Å². The summed E-state index contributed by atoms with van der Waals surface area (Å²) in [5.74, 6) is 0.142. The SMILES string of the molecule is Cc1cc(C(=O)NS(=O)(=O)Cc2ccon2)c(C)n1-c1ccc2c(c1)OCCO2. The number of nitrogens with zero attached hydrogens (tertiary/aromatic N) is 2. The van der Waals surface area contributed by atoms with Gasteiger partial charge in [0.2, 0.25) is 10.0 Å². The molecule has 4 rings (SSSR count). The van der Waals surface area contributed by atoms with Gasteiger partial charge in [-0.15, -0.1) is 0 Å². The summed E-state index contributed by atoms with van der Waals surface area (Å²) < 4.78 is 44.3. The van der Waals surface area contributed by atoms with Crippen LogP contribution >= 0.6 is 0 Å². The molecule has 0 bridgehead atoms. The van der Waals surface area contributed by atoms with Crippen molar-refractivity contribution in [2.45, 2.75) is 19.6 Å². The number of rotatable bonds is 5. The van der Waals surface area contributed by atoms with Gasteiger partial charge >= 0.3 is 0 Å². The fraction of sp³-hybridized carbons (Fsp3) is 0.263. The van der Waals surface area contributed by atoms with Gasteiger partial charge in [0.25, 0.3) is 5.91 Å². The predicted octanol–water partition coefficient (Wildman–Crippen LogP) is 2.11. The molecule has 3 aromatic rings. The van der Waals surface area contributed by atoms with Gasteiger partial charge in [-0.05, 0) is 32.0 Å². The second kappa shape index (κ2) is 7.28. The number of benzene rings is 1. The normalized spacial score (nSPS) is 13.3.